The third-order valence-electron chi connectivity index (χ3n) is 5.81. The Morgan fingerprint density at radius 2 is 1.81 bits per heavy atom. The first-order chi connectivity index (χ1) is 15.2. The van der Waals surface area contributed by atoms with Crippen molar-refractivity contribution in [3.05, 3.63) is 59.7 Å². The number of hydrogen-bond acceptors (Lipinski definition) is 6. The highest BCUT2D eigenvalue weighted by molar-refractivity contribution is 5.75. The van der Waals surface area contributed by atoms with Crippen molar-refractivity contribution < 1.29 is 18.8 Å². The van der Waals surface area contributed by atoms with Gasteiger partial charge in [0.05, 0.1) is 12.1 Å². The van der Waals surface area contributed by atoms with Gasteiger partial charge in [0.15, 0.2) is 11.5 Å². The van der Waals surface area contributed by atoms with Crippen molar-refractivity contribution in [2.75, 3.05) is 24.8 Å². The molecule has 1 aromatic heterocycles. The number of carbonyl (C=O) groups is 1. The predicted molar refractivity (Wildman–Crippen MR) is 116 cm³/mol. The van der Waals surface area contributed by atoms with E-state index in [1.807, 2.05) is 53.4 Å². The molecule has 3 aromatic rings. The van der Waals surface area contributed by atoms with Gasteiger partial charge in [-0.2, -0.15) is 0 Å². The minimum Gasteiger partial charge on any atom is -0.454 e. The fourth-order valence-electron chi connectivity index (χ4n) is 4.16. The van der Waals surface area contributed by atoms with Crippen LogP contribution in [0.25, 0.3) is 11.3 Å². The van der Waals surface area contributed by atoms with E-state index in [2.05, 4.69) is 10.1 Å². The standard InChI is InChI=1S/C24H25N3O4/c1-17(28)27(14-18-9-10-21-22(13-18)30-16-29-21)15-20-23(19-7-3-2-4-8-19)25-31-24(20)26-11-5-6-12-26/h2-4,7-10,13H,5-6,11-12,14-16H2,1H3. The van der Waals surface area contributed by atoms with E-state index in [0.29, 0.717) is 18.8 Å². The topological polar surface area (TPSA) is 68.0 Å². The number of nitrogens with zero attached hydrogens (tertiary/aromatic N) is 3. The number of hydrogen-bond donors (Lipinski definition) is 0. The summed E-state index contributed by atoms with van der Waals surface area (Å²) in [6.45, 7) is 4.60. The number of aromatic nitrogens is 1. The van der Waals surface area contributed by atoms with E-state index in [-0.39, 0.29) is 12.7 Å². The van der Waals surface area contributed by atoms with Gasteiger partial charge in [0, 0.05) is 32.1 Å². The van der Waals surface area contributed by atoms with E-state index in [1.54, 1.807) is 6.92 Å². The molecule has 0 unspecified atom stereocenters. The van der Waals surface area contributed by atoms with Gasteiger partial charge in [0.25, 0.3) is 0 Å². The van der Waals surface area contributed by atoms with E-state index >= 15 is 0 Å². The first kappa shape index (κ1) is 19.5. The number of anilines is 1. The summed E-state index contributed by atoms with van der Waals surface area (Å²) < 4.78 is 16.7. The zero-order chi connectivity index (χ0) is 21.2. The van der Waals surface area contributed by atoms with Crippen LogP contribution in [0.15, 0.2) is 53.1 Å². The predicted octanol–water partition coefficient (Wildman–Crippen LogP) is 4.22. The lowest BCUT2D eigenvalue weighted by Crippen LogP contribution is -2.29. The van der Waals surface area contributed by atoms with Crippen LogP contribution in [0.4, 0.5) is 5.88 Å². The highest BCUT2D eigenvalue weighted by atomic mass is 16.7. The molecule has 5 rings (SSSR count). The molecule has 0 radical (unpaired) electrons. The summed E-state index contributed by atoms with van der Waals surface area (Å²) in [6.07, 6.45) is 2.27. The Kier molecular flexibility index (Phi) is 5.24. The van der Waals surface area contributed by atoms with Gasteiger partial charge in [-0.05, 0) is 30.5 Å². The van der Waals surface area contributed by atoms with Gasteiger partial charge < -0.3 is 23.8 Å². The summed E-state index contributed by atoms with van der Waals surface area (Å²) in [4.78, 5) is 16.6. The van der Waals surface area contributed by atoms with Crippen molar-refractivity contribution in [2.24, 2.45) is 0 Å². The largest absolute Gasteiger partial charge is 0.454 e. The number of rotatable bonds is 6. The van der Waals surface area contributed by atoms with Gasteiger partial charge in [0.2, 0.25) is 18.6 Å². The minimum atomic E-state index is -0.00903. The average Bonchev–Trinajstić information content (AvgIpc) is 3.54. The molecule has 1 fully saturated rings. The molecule has 0 aliphatic carbocycles. The summed E-state index contributed by atoms with van der Waals surface area (Å²) in [5, 5.41) is 4.41. The van der Waals surface area contributed by atoms with Crippen molar-refractivity contribution >= 4 is 11.8 Å². The summed E-state index contributed by atoms with van der Waals surface area (Å²) >= 11 is 0. The summed E-state index contributed by atoms with van der Waals surface area (Å²) in [7, 11) is 0. The van der Waals surface area contributed by atoms with Crippen LogP contribution in [0.3, 0.4) is 0 Å². The van der Waals surface area contributed by atoms with Crippen LogP contribution >= 0.6 is 0 Å². The van der Waals surface area contributed by atoms with Gasteiger partial charge in [0.1, 0.15) is 5.69 Å². The van der Waals surface area contributed by atoms with E-state index in [0.717, 1.165) is 59.9 Å². The third kappa shape index (κ3) is 3.95. The Balaban J connectivity index is 1.47. The monoisotopic (exact) mass is 419 g/mol. The first-order valence-electron chi connectivity index (χ1n) is 10.6. The van der Waals surface area contributed by atoms with E-state index in [9.17, 15) is 4.79 Å². The molecule has 7 heteroatoms. The normalized spacial score (nSPS) is 14.8. The maximum absolute atomic E-state index is 12.6. The van der Waals surface area contributed by atoms with Gasteiger partial charge >= 0.3 is 0 Å². The number of benzene rings is 2. The second kappa shape index (κ2) is 8.34. The van der Waals surface area contributed by atoms with E-state index in [1.165, 1.54) is 0 Å². The first-order valence-corrected chi connectivity index (χ1v) is 10.6. The van der Waals surface area contributed by atoms with Gasteiger partial charge in [-0.15, -0.1) is 0 Å². The van der Waals surface area contributed by atoms with Crippen LogP contribution in [0.5, 0.6) is 11.5 Å². The Bertz CT molecular complexity index is 1070. The fourth-order valence-corrected chi connectivity index (χ4v) is 4.16. The highest BCUT2D eigenvalue weighted by Gasteiger charge is 2.27. The molecule has 1 saturated heterocycles. The van der Waals surface area contributed by atoms with Crippen molar-refractivity contribution in [1.82, 2.24) is 10.1 Å². The Morgan fingerprint density at radius 3 is 2.58 bits per heavy atom. The zero-order valence-corrected chi connectivity index (χ0v) is 17.5. The molecule has 3 heterocycles. The van der Waals surface area contributed by atoms with Crippen molar-refractivity contribution in [3.8, 4) is 22.8 Å². The molecular weight excluding hydrogens is 394 g/mol. The molecule has 2 aliphatic rings. The molecule has 2 aliphatic heterocycles. The Hall–Kier alpha value is -3.48. The molecule has 31 heavy (non-hydrogen) atoms. The Labute approximate surface area is 181 Å². The molecule has 0 saturated carbocycles. The average molecular weight is 419 g/mol. The van der Waals surface area contributed by atoms with Crippen LogP contribution in [0.2, 0.25) is 0 Å². The second-order valence-corrected chi connectivity index (χ2v) is 7.94. The SMILES string of the molecule is CC(=O)N(Cc1ccc2c(c1)OCO2)Cc1c(-c2ccccc2)noc1N1CCCC1. The fraction of sp³-hybridized carbons (Fsp3) is 0.333. The molecule has 0 bridgehead atoms. The highest BCUT2D eigenvalue weighted by Crippen LogP contribution is 2.36. The van der Waals surface area contributed by atoms with Crippen molar-refractivity contribution in [2.45, 2.75) is 32.9 Å². The van der Waals surface area contributed by atoms with Crippen molar-refractivity contribution in [3.63, 3.8) is 0 Å². The quantitative estimate of drug-likeness (QED) is 0.596. The minimum absolute atomic E-state index is 0.00903. The summed E-state index contributed by atoms with van der Waals surface area (Å²) in [5.74, 6) is 2.21. The maximum atomic E-state index is 12.6. The molecule has 0 spiro atoms. The van der Waals surface area contributed by atoms with E-state index < -0.39 is 0 Å². The molecule has 160 valence electrons. The number of amides is 1. The van der Waals surface area contributed by atoms with Gasteiger partial charge in [-0.1, -0.05) is 41.6 Å². The number of fused-ring (bicyclic) bond motifs is 1. The number of ether oxygens (including phenoxy) is 2. The molecule has 0 atom stereocenters. The lowest BCUT2D eigenvalue weighted by atomic mass is 10.1. The summed E-state index contributed by atoms with van der Waals surface area (Å²) in [5.41, 5.74) is 3.71. The summed E-state index contributed by atoms with van der Waals surface area (Å²) in [6, 6.07) is 15.8. The lowest BCUT2D eigenvalue weighted by Gasteiger charge is -2.23. The Morgan fingerprint density at radius 1 is 1.03 bits per heavy atom. The van der Waals surface area contributed by atoms with Crippen molar-refractivity contribution in [1.29, 1.82) is 0 Å². The maximum Gasteiger partial charge on any atom is 0.232 e. The van der Waals surface area contributed by atoms with Crippen LogP contribution in [-0.2, 0) is 17.9 Å². The third-order valence-corrected chi connectivity index (χ3v) is 5.81. The van der Waals surface area contributed by atoms with Gasteiger partial charge in [-0.25, -0.2) is 0 Å². The molecule has 0 N–H and O–H groups in total. The molecule has 7 nitrogen and oxygen atoms in total. The molecular formula is C24H25N3O4. The zero-order valence-electron chi connectivity index (χ0n) is 17.5. The smallest absolute Gasteiger partial charge is 0.232 e. The molecule has 1 amide bonds. The lowest BCUT2D eigenvalue weighted by molar-refractivity contribution is -0.130. The van der Waals surface area contributed by atoms with Crippen LogP contribution < -0.4 is 14.4 Å². The van der Waals surface area contributed by atoms with E-state index in [4.69, 9.17) is 14.0 Å². The second-order valence-electron chi connectivity index (χ2n) is 7.94. The van der Waals surface area contributed by atoms with Gasteiger partial charge in [-0.3, -0.25) is 4.79 Å². The molecule has 2 aromatic carbocycles. The van der Waals surface area contributed by atoms with Crippen LogP contribution in [-0.4, -0.2) is 35.8 Å². The van der Waals surface area contributed by atoms with Crippen LogP contribution in [0.1, 0.15) is 30.9 Å². The number of carbonyl (C=O) groups excluding carboxylic acids is 1. The van der Waals surface area contributed by atoms with Crippen LogP contribution in [0, 0.1) is 0 Å².